The number of aliphatic carboxylic acids is 2. The second-order valence-electron chi connectivity index (χ2n) is 3.67. The Morgan fingerprint density at radius 2 is 1.78 bits per heavy atom. The van der Waals surface area contributed by atoms with Gasteiger partial charge in [-0.15, -0.1) is 0 Å². The number of nitrogens with zero attached hydrogens (tertiary/aromatic N) is 1. The number of carboxylic acids is 2. The molecule has 0 spiro atoms. The minimum Gasteiger partial charge on any atom is -0.481 e. The minimum absolute atomic E-state index is 0.0531. The summed E-state index contributed by atoms with van der Waals surface area (Å²) in [6.45, 7) is 0. The van der Waals surface area contributed by atoms with Gasteiger partial charge in [-0.3, -0.25) is 19.7 Å². The largest absolute Gasteiger partial charge is 0.481 e. The molecule has 96 valence electrons. The average molecular weight is 253 g/mol. The Hall–Kier alpha value is -2.44. The van der Waals surface area contributed by atoms with Crippen LogP contribution in [0.5, 0.6) is 0 Å². The number of hydrogen-bond donors (Lipinski definition) is 2. The number of hydrogen-bond acceptors (Lipinski definition) is 4. The second-order valence-corrected chi connectivity index (χ2v) is 3.67. The Bertz CT molecular complexity index is 467. The van der Waals surface area contributed by atoms with Crippen molar-refractivity contribution in [3.05, 3.63) is 39.9 Å². The fourth-order valence-corrected chi connectivity index (χ4v) is 1.53. The molecule has 2 N–H and O–H groups in total. The third-order valence-corrected chi connectivity index (χ3v) is 2.45. The van der Waals surface area contributed by atoms with E-state index in [0.29, 0.717) is 5.56 Å². The number of nitro groups is 1. The van der Waals surface area contributed by atoms with Gasteiger partial charge < -0.3 is 10.2 Å². The quantitative estimate of drug-likeness (QED) is 0.587. The lowest BCUT2D eigenvalue weighted by atomic mass is 9.94. The molecule has 0 fully saturated rings. The molecule has 0 bridgehead atoms. The van der Waals surface area contributed by atoms with E-state index < -0.39 is 22.8 Å². The van der Waals surface area contributed by atoms with Crippen LogP contribution in [-0.2, 0) is 9.59 Å². The highest BCUT2D eigenvalue weighted by molar-refractivity contribution is 5.77. The summed E-state index contributed by atoms with van der Waals surface area (Å²) in [6.07, 6.45) is -0.323. The third-order valence-electron chi connectivity index (χ3n) is 2.45. The molecule has 0 aliphatic rings. The van der Waals surface area contributed by atoms with Crippen molar-refractivity contribution in [3.8, 4) is 0 Å². The van der Waals surface area contributed by atoms with Crippen LogP contribution in [0.25, 0.3) is 0 Å². The van der Waals surface area contributed by atoms with Gasteiger partial charge in [-0.25, -0.2) is 0 Å². The predicted octanol–water partition coefficient (Wildman–Crippen LogP) is 1.63. The molecule has 0 amide bonds. The van der Waals surface area contributed by atoms with Crippen molar-refractivity contribution in [2.45, 2.75) is 18.8 Å². The maximum absolute atomic E-state index is 11.0. The van der Waals surface area contributed by atoms with Gasteiger partial charge in [0.2, 0.25) is 0 Å². The van der Waals surface area contributed by atoms with Crippen LogP contribution in [0.4, 0.5) is 5.69 Å². The lowest BCUT2D eigenvalue weighted by Crippen LogP contribution is -2.13. The molecular formula is C11H11NO6. The molecule has 1 atom stereocenters. The highest BCUT2D eigenvalue weighted by atomic mass is 16.6. The van der Waals surface area contributed by atoms with Crippen LogP contribution in [0, 0.1) is 10.1 Å². The molecule has 0 aromatic heterocycles. The van der Waals surface area contributed by atoms with E-state index in [2.05, 4.69) is 0 Å². The average Bonchev–Trinajstić information content (AvgIpc) is 2.29. The van der Waals surface area contributed by atoms with Gasteiger partial charge in [0.1, 0.15) is 0 Å². The first-order chi connectivity index (χ1) is 8.41. The van der Waals surface area contributed by atoms with Gasteiger partial charge in [-0.1, -0.05) is 12.1 Å². The van der Waals surface area contributed by atoms with Crippen molar-refractivity contribution in [3.63, 3.8) is 0 Å². The van der Waals surface area contributed by atoms with E-state index in [1.54, 1.807) is 0 Å². The van der Waals surface area contributed by atoms with E-state index >= 15 is 0 Å². The molecule has 1 rings (SSSR count). The molecule has 7 nitrogen and oxygen atoms in total. The number of rotatable bonds is 6. The van der Waals surface area contributed by atoms with Gasteiger partial charge in [-0.05, 0) is 12.0 Å². The topological polar surface area (TPSA) is 118 Å². The van der Waals surface area contributed by atoms with Crippen LogP contribution < -0.4 is 0 Å². The van der Waals surface area contributed by atoms with Crippen LogP contribution in [0.1, 0.15) is 24.3 Å². The zero-order valence-corrected chi connectivity index (χ0v) is 9.28. The third kappa shape index (κ3) is 3.55. The minimum atomic E-state index is -1.15. The number of carbonyl (C=O) groups is 2. The molecule has 0 aliphatic carbocycles. The first kappa shape index (κ1) is 13.6. The molecule has 18 heavy (non-hydrogen) atoms. The smallest absolute Gasteiger partial charge is 0.310 e. The molecular weight excluding hydrogens is 242 g/mol. The molecule has 0 radical (unpaired) electrons. The number of non-ortho nitro benzene ring substituents is 1. The van der Waals surface area contributed by atoms with E-state index in [0.717, 1.165) is 0 Å². The highest BCUT2D eigenvalue weighted by Gasteiger charge is 2.21. The van der Waals surface area contributed by atoms with Crippen molar-refractivity contribution < 1.29 is 24.7 Å². The lowest BCUT2D eigenvalue weighted by molar-refractivity contribution is -0.384. The van der Waals surface area contributed by atoms with E-state index in [9.17, 15) is 19.7 Å². The summed E-state index contributed by atoms with van der Waals surface area (Å²) in [7, 11) is 0. The zero-order valence-electron chi connectivity index (χ0n) is 9.28. The standard InChI is InChI=1S/C11H11NO6/c13-10(14)6-5-9(11(15)16)7-1-3-8(4-2-7)12(17)18/h1-4,9H,5-6H2,(H,13,14)(H,15,16). The summed E-state index contributed by atoms with van der Waals surface area (Å²) < 4.78 is 0. The molecule has 0 saturated carbocycles. The molecule has 1 unspecified atom stereocenters. The van der Waals surface area contributed by atoms with E-state index in [1.165, 1.54) is 24.3 Å². The van der Waals surface area contributed by atoms with Crippen molar-refractivity contribution in [1.82, 2.24) is 0 Å². The first-order valence-corrected chi connectivity index (χ1v) is 5.10. The van der Waals surface area contributed by atoms with Gasteiger partial charge in [0.05, 0.1) is 10.8 Å². The summed E-state index contributed by atoms with van der Waals surface area (Å²) in [5.74, 6) is -3.20. The van der Waals surface area contributed by atoms with Crippen LogP contribution >= 0.6 is 0 Å². The molecule has 7 heteroatoms. The normalized spacial score (nSPS) is 11.8. The summed E-state index contributed by atoms with van der Waals surface area (Å²) in [5, 5.41) is 28.0. The van der Waals surface area contributed by atoms with E-state index in [-0.39, 0.29) is 18.5 Å². The van der Waals surface area contributed by atoms with Crippen molar-refractivity contribution in [2.75, 3.05) is 0 Å². The Labute approximate surface area is 102 Å². The fraction of sp³-hybridized carbons (Fsp3) is 0.273. The van der Waals surface area contributed by atoms with Crippen LogP contribution in [0.3, 0.4) is 0 Å². The fourth-order valence-electron chi connectivity index (χ4n) is 1.53. The number of nitro benzene ring substituents is 1. The Kier molecular flexibility index (Phi) is 4.36. The van der Waals surface area contributed by atoms with E-state index in [1.807, 2.05) is 0 Å². The molecule has 0 heterocycles. The molecule has 0 saturated heterocycles. The Balaban J connectivity index is 2.89. The van der Waals surface area contributed by atoms with Gasteiger partial charge in [0.15, 0.2) is 0 Å². The summed E-state index contributed by atoms with van der Waals surface area (Å²) >= 11 is 0. The van der Waals surface area contributed by atoms with Gasteiger partial charge in [0, 0.05) is 18.6 Å². The monoisotopic (exact) mass is 253 g/mol. The lowest BCUT2D eigenvalue weighted by Gasteiger charge is -2.10. The predicted molar refractivity (Wildman–Crippen MR) is 60.3 cm³/mol. The first-order valence-electron chi connectivity index (χ1n) is 5.10. The van der Waals surface area contributed by atoms with Crippen LogP contribution in [0.2, 0.25) is 0 Å². The maximum Gasteiger partial charge on any atom is 0.310 e. The van der Waals surface area contributed by atoms with Crippen molar-refractivity contribution in [1.29, 1.82) is 0 Å². The SMILES string of the molecule is O=C(O)CCC(C(=O)O)c1ccc([N+](=O)[O-])cc1. The van der Waals surface area contributed by atoms with Crippen molar-refractivity contribution >= 4 is 17.6 Å². The zero-order chi connectivity index (χ0) is 13.7. The Morgan fingerprint density at radius 1 is 1.22 bits per heavy atom. The number of benzene rings is 1. The highest BCUT2D eigenvalue weighted by Crippen LogP contribution is 2.24. The van der Waals surface area contributed by atoms with Gasteiger partial charge in [-0.2, -0.15) is 0 Å². The second kappa shape index (κ2) is 5.76. The summed E-state index contributed by atoms with van der Waals surface area (Å²) in [6, 6.07) is 5.07. The molecule has 1 aromatic rings. The van der Waals surface area contributed by atoms with Crippen LogP contribution in [-0.4, -0.2) is 27.1 Å². The number of carboxylic acid groups (broad SMARTS) is 2. The molecule has 1 aromatic carbocycles. The Morgan fingerprint density at radius 3 is 2.17 bits per heavy atom. The van der Waals surface area contributed by atoms with Gasteiger partial charge in [0.25, 0.3) is 5.69 Å². The maximum atomic E-state index is 11.0. The summed E-state index contributed by atoms with van der Waals surface area (Å²) in [5.41, 5.74) is 0.218. The van der Waals surface area contributed by atoms with Gasteiger partial charge >= 0.3 is 11.9 Å². The molecule has 0 aliphatic heterocycles. The van der Waals surface area contributed by atoms with E-state index in [4.69, 9.17) is 10.2 Å². The summed E-state index contributed by atoms with van der Waals surface area (Å²) in [4.78, 5) is 31.3. The van der Waals surface area contributed by atoms with Crippen molar-refractivity contribution in [2.24, 2.45) is 0 Å². The van der Waals surface area contributed by atoms with Crippen LogP contribution in [0.15, 0.2) is 24.3 Å².